The van der Waals surface area contributed by atoms with Gasteiger partial charge in [0, 0.05) is 29.6 Å². The molecule has 1 aromatic heterocycles. The number of nitrogens with zero attached hydrogens (tertiary/aromatic N) is 2. The number of hydrogen-bond donors (Lipinski definition) is 2. The van der Waals surface area contributed by atoms with Crippen LogP contribution in [0.2, 0.25) is 0 Å². The first-order valence-corrected chi connectivity index (χ1v) is 2.23. The van der Waals surface area contributed by atoms with Crippen LogP contribution in [-0.2, 0) is 0 Å². The molecule has 0 saturated heterocycles. The monoisotopic (exact) mass is 151 g/mol. The van der Waals surface area contributed by atoms with Crippen molar-refractivity contribution < 1.29 is 4.39 Å². The van der Waals surface area contributed by atoms with E-state index in [0.717, 1.165) is 6.20 Å². The van der Waals surface area contributed by atoms with Crippen LogP contribution in [-0.4, -0.2) is 39.5 Å². The van der Waals surface area contributed by atoms with E-state index in [1.807, 2.05) is 0 Å². The summed E-state index contributed by atoms with van der Waals surface area (Å²) in [4.78, 5) is 6.69. The zero-order valence-electron chi connectivity index (χ0n) is 5.50. The molecule has 0 atom stereocenters. The van der Waals surface area contributed by atoms with Gasteiger partial charge in [0.05, 0.1) is 6.20 Å². The van der Waals surface area contributed by atoms with Gasteiger partial charge in [0.1, 0.15) is 0 Å². The molecule has 0 saturated carbocycles. The summed E-state index contributed by atoms with van der Waals surface area (Å²) in [5, 5.41) is 0. The Morgan fingerprint density at radius 2 is 2.00 bits per heavy atom. The van der Waals surface area contributed by atoms with Crippen molar-refractivity contribution in [3.63, 3.8) is 0 Å². The summed E-state index contributed by atoms with van der Waals surface area (Å²) in [6, 6.07) is 0. The van der Waals surface area contributed by atoms with Crippen LogP contribution in [0.5, 0.6) is 0 Å². The topological polar surface area (TPSA) is 77.8 Å². The Morgan fingerprint density at radius 3 is 2.40 bits per heavy atom. The van der Waals surface area contributed by atoms with Gasteiger partial charge in [-0.3, -0.25) is 0 Å². The third-order valence-corrected chi connectivity index (χ3v) is 0.790. The van der Waals surface area contributed by atoms with Crippen molar-refractivity contribution in [2.75, 3.05) is 11.5 Å². The maximum absolute atomic E-state index is 12.2. The third-order valence-electron chi connectivity index (χ3n) is 0.790. The Bertz CT molecular complexity index is 228. The molecule has 1 aromatic rings. The van der Waals surface area contributed by atoms with Crippen LogP contribution in [0.4, 0.5) is 16.2 Å². The van der Waals surface area contributed by atoms with Crippen molar-refractivity contribution >= 4 is 41.3 Å². The van der Waals surface area contributed by atoms with Crippen molar-refractivity contribution in [3.05, 3.63) is 12.0 Å². The quantitative estimate of drug-likeness (QED) is 0.485. The molecule has 0 spiro atoms. The summed E-state index contributed by atoms with van der Waals surface area (Å²) in [6.45, 7) is 0. The number of hydrogen-bond acceptors (Lipinski definition) is 4. The van der Waals surface area contributed by atoms with Crippen molar-refractivity contribution in [2.24, 2.45) is 0 Å². The number of halogens is 1. The second-order valence-corrected chi connectivity index (χ2v) is 1.46. The molecule has 1 heterocycles. The first-order chi connectivity index (χ1) is 4.20. The van der Waals surface area contributed by atoms with E-state index >= 15 is 0 Å². The van der Waals surface area contributed by atoms with Crippen LogP contribution < -0.4 is 11.5 Å². The van der Waals surface area contributed by atoms with E-state index in [2.05, 4.69) is 9.97 Å². The molecule has 1 rings (SSSR count). The molecule has 0 unspecified atom stereocenters. The molecule has 0 amide bonds. The summed E-state index contributed by atoms with van der Waals surface area (Å²) in [5.41, 5.74) is 10.1. The van der Waals surface area contributed by atoms with Gasteiger partial charge in [-0.05, 0) is 0 Å². The molecular formula is C4H5FN4Na. The average Bonchev–Trinajstić information content (AvgIpc) is 1.80. The molecule has 0 aromatic carbocycles. The van der Waals surface area contributed by atoms with Gasteiger partial charge in [0.2, 0.25) is 5.95 Å². The van der Waals surface area contributed by atoms with Gasteiger partial charge in [-0.1, -0.05) is 0 Å². The van der Waals surface area contributed by atoms with E-state index < -0.39 is 5.82 Å². The smallest absolute Gasteiger partial charge is 0.222 e. The number of anilines is 2. The molecule has 4 nitrogen and oxygen atoms in total. The van der Waals surface area contributed by atoms with Crippen LogP contribution in [0.25, 0.3) is 0 Å². The van der Waals surface area contributed by atoms with Gasteiger partial charge in [0.25, 0.3) is 0 Å². The second kappa shape index (κ2) is 3.70. The third kappa shape index (κ3) is 2.09. The van der Waals surface area contributed by atoms with Crippen LogP contribution in [0.3, 0.4) is 0 Å². The molecule has 0 aliphatic heterocycles. The first-order valence-electron chi connectivity index (χ1n) is 2.23. The fraction of sp³-hybridized carbons (Fsp3) is 0. The van der Waals surface area contributed by atoms with E-state index in [4.69, 9.17) is 11.5 Å². The molecule has 0 bridgehead atoms. The summed E-state index contributed by atoms with van der Waals surface area (Å²) in [6.07, 6.45) is 0.928. The van der Waals surface area contributed by atoms with Crippen molar-refractivity contribution in [2.45, 2.75) is 0 Å². The predicted octanol–water partition coefficient (Wildman–Crippen LogP) is -0.601. The molecule has 4 N–H and O–H groups in total. The maximum atomic E-state index is 12.2. The minimum absolute atomic E-state index is 0. The Labute approximate surface area is 79.1 Å². The fourth-order valence-corrected chi connectivity index (χ4v) is 0.395. The van der Waals surface area contributed by atoms with E-state index in [0.29, 0.717) is 0 Å². The fourth-order valence-electron chi connectivity index (χ4n) is 0.395. The van der Waals surface area contributed by atoms with Crippen LogP contribution in [0.1, 0.15) is 0 Å². The molecule has 0 fully saturated rings. The van der Waals surface area contributed by atoms with Gasteiger partial charge < -0.3 is 11.5 Å². The normalized spacial score (nSPS) is 8.50. The molecule has 6 heteroatoms. The van der Waals surface area contributed by atoms with E-state index in [9.17, 15) is 4.39 Å². The molecule has 10 heavy (non-hydrogen) atoms. The van der Waals surface area contributed by atoms with Gasteiger partial charge in [-0.25, -0.2) is 9.37 Å². The van der Waals surface area contributed by atoms with Crippen molar-refractivity contribution in [1.29, 1.82) is 0 Å². The summed E-state index contributed by atoms with van der Waals surface area (Å²) in [7, 11) is 0. The SMILES string of the molecule is Nc1ncc(F)c(N)n1.[Na]. The Balaban J connectivity index is 0.000000810. The number of nitrogen functional groups attached to an aromatic ring is 2. The van der Waals surface area contributed by atoms with Gasteiger partial charge in [-0.2, -0.15) is 4.98 Å². The van der Waals surface area contributed by atoms with Gasteiger partial charge in [-0.15, -0.1) is 0 Å². The van der Waals surface area contributed by atoms with E-state index in [-0.39, 0.29) is 41.3 Å². The molecule has 0 aliphatic carbocycles. The summed E-state index contributed by atoms with van der Waals surface area (Å²) >= 11 is 0. The molecule has 0 aliphatic rings. The van der Waals surface area contributed by atoms with Gasteiger partial charge in [0.15, 0.2) is 11.6 Å². The Kier molecular flexibility index (Phi) is 3.55. The zero-order chi connectivity index (χ0) is 6.85. The number of nitrogens with two attached hydrogens (primary N) is 2. The molecular weight excluding hydrogens is 146 g/mol. The first kappa shape index (κ1) is 9.61. The van der Waals surface area contributed by atoms with Crippen LogP contribution in [0.15, 0.2) is 6.20 Å². The summed E-state index contributed by atoms with van der Waals surface area (Å²) in [5.74, 6) is -0.888. The molecule has 49 valence electrons. The standard InChI is InChI=1S/C4H5FN4.Na/c5-2-1-8-4(7)9-3(2)6;/h1H,(H4,6,7,8,9);. The maximum Gasteiger partial charge on any atom is 0.222 e. The van der Waals surface area contributed by atoms with Crippen LogP contribution >= 0.6 is 0 Å². The predicted molar refractivity (Wildman–Crippen MR) is 36.6 cm³/mol. The van der Waals surface area contributed by atoms with E-state index in [1.165, 1.54) is 0 Å². The zero-order valence-corrected chi connectivity index (χ0v) is 7.50. The van der Waals surface area contributed by atoms with Crippen molar-refractivity contribution in [1.82, 2.24) is 9.97 Å². The molecule has 1 radical (unpaired) electrons. The number of rotatable bonds is 0. The number of aromatic nitrogens is 2. The van der Waals surface area contributed by atoms with Crippen molar-refractivity contribution in [3.8, 4) is 0 Å². The van der Waals surface area contributed by atoms with Gasteiger partial charge >= 0.3 is 0 Å². The van der Waals surface area contributed by atoms with Crippen LogP contribution in [0, 0.1) is 5.82 Å². The largest absolute Gasteiger partial charge is 0.381 e. The minimum Gasteiger partial charge on any atom is -0.381 e. The summed E-state index contributed by atoms with van der Waals surface area (Å²) < 4.78 is 12.2. The van der Waals surface area contributed by atoms with E-state index in [1.54, 1.807) is 0 Å². The average molecular weight is 151 g/mol. The second-order valence-electron chi connectivity index (χ2n) is 1.46. The Hall–Kier alpha value is -0.390. The Morgan fingerprint density at radius 1 is 1.40 bits per heavy atom. The minimum atomic E-state index is -0.649.